The van der Waals surface area contributed by atoms with Gasteiger partial charge in [-0.05, 0) is 43.9 Å². The van der Waals surface area contributed by atoms with Crippen LogP contribution in [-0.2, 0) is 7.05 Å². The number of aromatic nitrogens is 6. The standard InChI is InChI=1S/C32H33FN10/c1-22(28(20-39(2)3)23-5-8-27(33)9-6-23)41-11-13-42(14-12-41)30-10-7-24(16-35-30)31-32-25(15-34)17-37-43(32)21-29(38-31)26-18-36-40(4)19-26/h5-10,16-19,21,28H,1,11-14,20H2,2-4H3. The van der Waals surface area contributed by atoms with E-state index in [4.69, 9.17) is 9.97 Å². The quantitative estimate of drug-likeness (QED) is 0.272. The van der Waals surface area contributed by atoms with E-state index in [1.165, 1.54) is 12.1 Å². The van der Waals surface area contributed by atoms with E-state index in [9.17, 15) is 9.65 Å². The molecule has 5 aromatic rings. The third kappa shape index (κ3) is 5.69. The van der Waals surface area contributed by atoms with E-state index in [2.05, 4.69) is 37.5 Å². The zero-order chi connectivity index (χ0) is 30.1. The fourth-order valence-corrected chi connectivity index (χ4v) is 5.61. The van der Waals surface area contributed by atoms with Gasteiger partial charge in [0.05, 0.1) is 30.0 Å². The lowest BCUT2D eigenvalue weighted by Crippen LogP contribution is -2.47. The highest BCUT2D eigenvalue weighted by Gasteiger charge is 2.25. The van der Waals surface area contributed by atoms with Crippen molar-refractivity contribution in [3.63, 3.8) is 0 Å². The minimum Gasteiger partial charge on any atom is -0.371 e. The molecule has 1 aromatic carbocycles. The molecule has 1 saturated heterocycles. The second kappa shape index (κ2) is 11.7. The SMILES string of the molecule is C=C(C(CN(C)C)c1ccc(F)cc1)N1CCN(c2ccc(-c3nc(-c4cnn(C)c4)cn4ncc(C#N)c34)cn2)CC1. The molecule has 1 aliphatic rings. The summed E-state index contributed by atoms with van der Waals surface area (Å²) in [6.45, 7) is 8.47. The van der Waals surface area contributed by atoms with Gasteiger partial charge in [0.25, 0.3) is 0 Å². The van der Waals surface area contributed by atoms with Crippen LogP contribution in [0.5, 0.6) is 0 Å². The number of pyridine rings is 1. The van der Waals surface area contributed by atoms with Gasteiger partial charge in [0.2, 0.25) is 0 Å². The number of hydrogen-bond donors (Lipinski definition) is 0. The second-order valence-electron chi connectivity index (χ2n) is 11.1. The number of fused-ring (bicyclic) bond motifs is 1. The Morgan fingerprint density at radius 2 is 1.77 bits per heavy atom. The van der Waals surface area contributed by atoms with Crippen molar-refractivity contribution in [3.8, 4) is 28.6 Å². The molecule has 0 saturated carbocycles. The first-order chi connectivity index (χ1) is 20.8. The lowest BCUT2D eigenvalue weighted by atomic mass is 9.94. The van der Waals surface area contributed by atoms with Crippen molar-refractivity contribution in [1.82, 2.24) is 39.2 Å². The molecule has 4 aromatic heterocycles. The predicted molar refractivity (Wildman–Crippen MR) is 164 cm³/mol. The number of aryl methyl sites for hydroxylation is 1. The highest BCUT2D eigenvalue weighted by molar-refractivity contribution is 5.83. The highest BCUT2D eigenvalue weighted by Crippen LogP contribution is 2.31. The maximum atomic E-state index is 13.6. The lowest BCUT2D eigenvalue weighted by Gasteiger charge is -2.40. The average Bonchev–Trinajstić information content (AvgIpc) is 3.65. The van der Waals surface area contributed by atoms with Crippen LogP contribution in [0.4, 0.5) is 10.2 Å². The van der Waals surface area contributed by atoms with Gasteiger partial charge >= 0.3 is 0 Å². The van der Waals surface area contributed by atoms with Crippen molar-refractivity contribution in [2.75, 3.05) is 51.7 Å². The molecule has 0 aliphatic carbocycles. The van der Waals surface area contributed by atoms with Crippen LogP contribution in [0.25, 0.3) is 28.0 Å². The minimum absolute atomic E-state index is 0.0770. The molecule has 11 heteroatoms. The summed E-state index contributed by atoms with van der Waals surface area (Å²) < 4.78 is 17.0. The van der Waals surface area contributed by atoms with Crippen LogP contribution >= 0.6 is 0 Å². The fourth-order valence-electron chi connectivity index (χ4n) is 5.61. The molecule has 0 spiro atoms. The van der Waals surface area contributed by atoms with Crippen molar-refractivity contribution < 1.29 is 4.39 Å². The molecule has 10 nitrogen and oxygen atoms in total. The van der Waals surface area contributed by atoms with Gasteiger partial charge in [-0.1, -0.05) is 18.7 Å². The summed E-state index contributed by atoms with van der Waals surface area (Å²) in [4.78, 5) is 16.5. The molecular weight excluding hydrogens is 543 g/mol. The van der Waals surface area contributed by atoms with Gasteiger partial charge in [0.1, 0.15) is 28.8 Å². The summed E-state index contributed by atoms with van der Waals surface area (Å²) in [5.74, 6) is 0.723. The molecule has 1 aliphatic heterocycles. The van der Waals surface area contributed by atoms with Crippen LogP contribution in [0.1, 0.15) is 17.0 Å². The summed E-state index contributed by atoms with van der Waals surface area (Å²) in [6, 6.07) is 13.0. The van der Waals surface area contributed by atoms with Gasteiger partial charge in [-0.2, -0.15) is 15.5 Å². The molecule has 218 valence electrons. The van der Waals surface area contributed by atoms with Gasteiger partial charge in [-0.15, -0.1) is 0 Å². The minimum atomic E-state index is -0.234. The molecule has 1 atom stereocenters. The number of anilines is 1. The van der Waals surface area contributed by atoms with Crippen molar-refractivity contribution >= 4 is 11.3 Å². The Bertz CT molecular complexity index is 1790. The topological polar surface area (TPSA) is 94.4 Å². The Morgan fingerprint density at radius 1 is 1.00 bits per heavy atom. The number of nitriles is 1. The number of rotatable bonds is 8. The molecule has 43 heavy (non-hydrogen) atoms. The molecule has 0 amide bonds. The number of nitrogens with zero attached hydrogens (tertiary/aromatic N) is 10. The first kappa shape index (κ1) is 28.1. The molecule has 0 radical (unpaired) electrons. The monoisotopic (exact) mass is 576 g/mol. The van der Waals surface area contributed by atoms with Crippen molar-refractivity contribution in [2.45, 2.75) is 5.92 Å². The van der Waals surface area contributed by atoms with Crippen LogP contribution < -0.4 is 4.90 Å². The molecular formula is C32H33FN10. The van der Waals surface area contributed by atoms with E-state index in [-0.39, 0.29) is 11.7 Å². The van der Waals surface area contributed by atoms with E-state index >= 15 is 0 Å². The first-order valence-corrected chi connectivity index (χ1v) is 14.1. The van der Waals surface area contributed by atoms with Crippen LogP contribution in [0.15, 0.2) is 79.7 Å². The first-order valence-electron chi connectivity index (χ1n) is 14.1. The molecule has 6 rings (SSSR count). The summed E-state index contributed by atoms with van der Waals surface area (Å²) >= 11 is 0. The summed E-state index contributed by atoms with van der Waals surface area (Å²) in [6.07, 6.45) is 8.83. The maximum absolute atomic E-state index is 13.6. The zero-order valence-electron chi connectivity index (χ0n) is 24.5. The molecule has 0 bridgehead atoms. The average molecular weight is 577 g/mol. The van der Waals surface area contributed by atoms with Gasteiger partial charge in [0.15, 0.2) is 0 Å². The lowest BCUT2D eigenvalue weighted by molar-refractivity contribution is 0.282. The predicted octanol–water partition coefficient (Wildman–Crippen LogP) is 4.18. The van der Waals surface area contributed by atoms with Crippen molar-refractivity contribution in [3.05, 3.63) is 96.6 Å². The molecule has 5 heterocycles. The van der Waals surface area contributed by atoms with Crippen molar-refractivity contribution in [2.24, 2.45) is 7.05 Å². The number of benzene rings is 1. The number of halogens is 1. The Kier molecular flexibility index (Phi) is 7.61. The number of piperazine rings is 1. The van der Waals surface area contributed by atoms with E-state index in [1.807, 2.05) is 64.0 Å². The second-order valence-corrected chi connectivity index (χ2v) is 11.1. The van der Waals surface area contributed by atoms with Crippen molar-refractivity contribution in [1.29, 1.82) is 5.26 Å². The van der Waals surface area contributed by atoms with Gasteiger partial charge in [-0.3, -0.25) is 4.68 Å². The summed E-state index contributed by atoms with van der Waals surface area (Å²) in [7, 11) is 5.94. The number of hydrogen-bond acceptors (Lipinski definition) is 8. The third-order valence-electron chi connectivity index (χ3n) is 7.87. The van der Waals surface area contributed by atoms with Crippen LogP contribution in [0.2, 0.25) is 0 Å². The Morgan fingerprint density at radius 3 is 2.40 bits per heavy atom. The van der Waals surface area contributed by atoms with E-state index in [0.29, 0.717) is 22.5 Å². The Labute approximate surface area is 249 Å². The summed E-state index contributed by atoms with van der Waals surface area (Å²) in [5.41, 5.74) is 6.21. The fraction of sp³-hybridized carbons (Fsp3) is 0.281. The van der Waals surface area contributed by atoms with E-state index in [1.54, 1.807) is 21.6 Å². The van der Waals surface area contributed by atoms with Crippen LogP contribution in [0, 0.1) is 17.1 Å². The van der Waals surface area contributed by atoms with Crippen LogP contribution in [-0.4, -0.2) is 86.0 Å². The number of likely N-dealkylation sites (N-methyl/N-ethyl adjacent to an activating group) is 1. The highest BCUT2D eigenvalue weighted by atomic mass is 19.1. The molecule has 0 N–H and O–H groups in total. The largest absolute Gasteiger partial charge is 0.371 e. The van der Waals surface area contributed by atoms with Crippen LogP contribution in [0.3, 0.4) is 0 Å². The molecule has 1 unspecified atom stereocenters. The van der Waals surface area contributed by atoms with Gasteiger partial charge < -0.3 is 14.7 Å². The normalized spacial score (nSPS) is 14.3. The van der Waals surface area contributed by atoms with E-state index < -0.39 is 0 Å². The summed E-state index contributed by atoms with van der Waals surface area (Å²) in [5, 5.41) is 18.4. The third-order valence-corrected chi connectivity index (χ3v) is 7.87. The zero-order valence-corrected chi connectivity index (χ0v) is 24.5. The molecule has 1 fully saturated rings. The Balaban J connectivity index is 1.20. The maximum Gasteiger partial charge on any atom is 0.128 e. The van der Waals surface area contributed by atoms with Gasteiger partial charge in [0, 0.05) is 74.9 Å². The smallest absolute Gasteiger partial charge is 0.128 e. The van der Waals surface area contributed by atoms with Gasteiger partial charge in [-0.25, -0.2) is 18.9 Å². The Hall–Kier alpha value is -5.08. The van der Waals surface area contributed by atoms with E-state index in [0.717, 1.165) is 60.9 Å².